The quantitative estimate of drug-likeness (QED) is 0.928. The molecule has 0 saturated heterocycles. The van der Waals surface area contributed by atoms with Gasteiger partial charge in [-0.2, -0.15) is 5.10 Å². The number of nitrogens with zero attached hydrogens (tertiary/aromatic N) is 2. The Balaban J connectivity index is 2.11. The molecule has 0 amide bonds. The summed E-state index contributed by atoms with van der Waals surface area (Å²) in [5.74, 6) is -0.533. The zero-order valence-corrected chi connectivity index (χ0v) is 12.0. The Morgan fingerprint density at radius 3 is 2.95 bits per heavy atom. The minimum absolute atomic E-state index is 0.0117. The molecule has 2 rings (SSSR count). The lowest BCUT2D eigenvalue weighted by Crippen LogP contribution is -2.27. The maximum Gasteiger partial charge on any atom is 0.177 e. The Morgan fingerprint density at radius 1 is 1.50 bits per heavy atom. The molecule has 0 unspecified atom stereocenters. The van der Waals surface area contributed by atoms with Gasteiger partial charge in [0.2, 0.25) is 0 Å². The molecule has 1 aromatic carbocycles. The van der Waals surface area contributed by atoms with Crippen LogP contribution in [0.5, 0.6) is 0 Å². The molecule has 1 aliphatic rings. The van der Waals surface area contributed by atoms with Crippen LogP contribution in [-0.4, -0.2) is 36.4 Å². The normalized spacial score (nSPS) is 18.6. The Kier molecular flexibility index (Phi) is 5.08. The number of hydrogen-bond donors (Lipinski definition) is 1. The van der Waals surface area contributed by atoms with Gasteiger partial charge in [0, 0.05) is 18.4 Å². The predicted molar refractivity (Wildman–Crippen MR) is 77.3 cm³/mol. The lowest BCUT2D eigenvalue weighted by molar-refractivity contribution is 0.186. The topological polar surface area (TPSA) is 46.0 Å². The van der Waals surface area contributed by atoms with Crippen LogP contribution in [0.1, 0.15) is 12.5 Å². The van der Waals surface area contributed by atoms with Crippen LogP contribution in [0.3, 0.4) is 0 Å². The van der Waals surface area contributed by atoms with Crippen LogP contribution >= 0.6 is 11.8 Å². The maximum atomic E-state index is 13.6. The number of hydrazone groups is 1. The molecular weight excluding hydrogens is 284 g/mol. The summed E-state index contributed by atoms with van der Waals surface area (Å²) in [6, 6.07) is 3.34. The van der Waals surface area contributed by atoms with Gasteiger partial charge in [-0.15, -0.1) is 0 Å². The second-order valence-corrected chi connectivity index (χ2v) is 5.29. The Labute approximate surface area is 120 Å². The molecule has 1 atom stereocenters. The molecule has 0 aromatic heterocycles. The van der Waals surface area contributed by atoms with Gasteiger partial charge in [0.15, 0.2) is 5.17 Å². The highest BCUT2D eigenvalue weighted by molar-refractivity contribution is 8.14. The van der Waals surface area contributed by atoms with Gasteiger partial charge in [0.05, 0.1) is 18.4 Å². The van der Waals surface area contributed by atoms with Crippen molar-refractivity contribution < 1.29 is 13.5 Å². The molecule has 0 spiro atoms. The van der Waals surface area contributed by atoms with Crippen LogP contribution in [0.25, 0.3) is 0 Å². The average molecular weight is 299 g/mol. The monoisotopic (exact) mass is 299 g/mol. The molecule has 1 aromatic rings. The number of ether oxygens (including phenoxy) is 1. The van der Waals surface area contributed by atoms with Crippen LogP contribution in [-0.2, 0) is 4.74 Å². The van der Waals surface area contributed by atoms with Crippen molar-refractivity contribution in [3.63, 3.8) is 0 Å². The molecule has 0 bridgehead atoms. The highest BCUT2D eigenvalue weighted by atomic mass is 32.2. The minimum Gasteiger partial charge on any atom is -0.382 e. The molecule has 1 N–H and O–H groups in total. The second-order valence-electron chi connectivity index (χ2n) is 4.32. The lowest BCUT2D eigenvalue weighted by atomic mass is 10.1. The largest absolute Gasteiger partial charge is 0.382 e. The number of amidine groups is 1. The fraction of sp³-hybridized carbons (Fsp3) is 0.385. The number of benzene rings is 1. The van der Waals surface area contributed by atoms with E-state index in [0.29, 0.717) is 23.2 Å². The summed E-state index contributed by atoms with van der Waals surface area (Å²) >= 11 is 1.40. The van der Waals surface area contributed by atoms with Gasteiger partial charge in [-0.05, 0) is 25.1 Å². The van der Waals surface area contributed by atoms with Crippen LogP contribution in [0.2, 0.25) is 0 Å². The highest BCUT2D eigenvalue weighted by Crippen LogP contribution is 2.17. The van der Waals surface area contributed by atoms with Crippen LogP contribution in [0.15, 0.2) is 28.3 Å². The molecule has 0 aliphatic carbocycles. The predicted octanol–water partition coefficient (Wildman–Crippen LogP) is 2.40. The van der Waals surface area contributed by atoms with Crippen molar-refractivity contribution >= 4 is 22.6 Å². The third-order valence-corrected chi connectivity index (χ3v) is 3.50. The average Bonchev–Trinajstić information content (AvgIpc) is 2.43. The fourth-order valence-electron chi connectivity index (χ4n) is 1.72. The van der Waals surface area contributed by atoms with E-state index >= 15 is 0 Å². The van der Waals surface area contributed by atoms with Crippen LogP contribution in [0, 0.1) is 11.6 Å². The van der Waals surface area contributed by atoms with Gasteiger partial charge in [-0.25, -0.2) is 8.78 Å². The molecule has 0 saturated carbocycles. The van der Waals surface area contributed by atoms with Crippen molar-refractivity contribution in [2.75, 3.05) is 19.5 Å². The smallest absolute Gasteiger partial charge is 0.177 e. The van der Waals surface area contributed by atoms with Gasteiger partial charge in [-0.3, -0.25) is 10.4 Å². The van der Waals surface area contributed by atoms with Crippen molar-refractivity contribution in [1.82, 2.24) is 5.43 Å². The van der Waals surface area contributed by atoms with Gasteiger partial charge < -0.3 is 4.74 Å². The van der Waals surface area contributed by atoms with Crippen molar-refractivity contribution in [2.24, 2.45) is 10.1 Å². The van der Waals surface area contributed by atoms with Crippen molar-refractivity contribution in [1.29, 1.82) is 0 Å². The zero-order chi connectivity index (χ0) is 14.5. The Bertz CT molecular complexity index is 548. The van der Waals surface area contributed by atoms with Gasteiger partial charge in [0.1, 0.15) is 11.6 Å². The molecular formula is C13H15F2N3OS. The van der Waals surface area contributed by atoms with Crippen molar-refractivity contribution in [3.05, 3.63) is 35.4 Å². The molecule has 1 aliphatic heterocycles. The SMILES string of the molecule is COC[C@@H](C)N=C1NN=C(c2cc(F)ccc2F)CS1. The summed E-state index contributed by atoms with van der Waals surface area (Å²) in [6.45, 7) is 2.44. The fourth-order valence-corrected chi connectivity index (χ4v) is 2.58. The molecule has 7 heteroatoms. The first kappa shape index (κ1) is 14.9. The van der Waals surface area contributed by atoms with Gasteiger partial charge in [0.25, 0.3) is 0 Å². The number of thioether (sulfide) groups is 1. The molecule has 108 valence electrons. The molecule has 0 radical (unpaired) electrons. The summed E-state index contributed by atoms with van der Waals surface area (Å²) in [5.41, 5.74) is 3.40. The summed E-state index contributed by atoms with van der Waals surface area (Å²) in [6.07, 6.45) is 0. The van der Waals surface area contributed by atoms with E-state index in [-0.39, 0.29) is 11.6 Å². The van der Waals surface area contributed by atoms with E-state index in [1.54, 1.807) is 7.11 Å². The van der Waals surface area contributed by atoms with Crippen LogP contribution in [0.4, 0.5) is 8.78 Å². The van der Waals surface area contributed by atoms with E-state index in [2.05, 4.69) is 15.5 Å². The molecule has 1 heterocycles. The van der Waals surface area contributed by atoms with Crippen LogP contribution < -0.4 is 5.43 Å². The first-order valence-corrected chi connectivity index (χ1v) is 7.06. The third kappa shape index (κ3) is 3.77. The maximum absolute atomic E-state index is 13.6. The van der Waals surface area contributed by atoms with E-state index in [0.717, 1.165) is 18.2 Å². The van der Waals surface area contributed by atoms with Gasteiger partial charge in [-0.1, -0.05) is 11.8 Å². The summed E-state index contributed by atoms with van der Waals surface area (Å²) < 4.78 is 31.8. The van der Waals surface area contributed by atoms with Crippen molar-refractivity contribution in [2.45, 2.75) is 13.0 Å². The number of methoxy groups -OCH3 is 1. The number of hydrogen-bond acceptors (Lipinski definition) is 4. The van der Waals surface area contributed by atoms with E-state index in [4.69, 9.17) is 4.74 Å². The first-order valence-electron chi connectivity index (χ1n) is 6.07. The lowest BCUT2D eigenvalue weighted by Gasteiger charge is -2.16. The van der Waals surface area contributed by atoms with E-state index in [9.17, 15) is 8.78 Å². The standard InChI is InChI=1S/C13H15F2N3OS/c1-8(6-19-2)16-13-18-17-12(7-20-13)10-5-9(14)3-4-11(10)15/h3-5,8H,6-7H2,1-2H3,(H,16,18)/t8-/m1/s1. The Morgan fingerprint density at radius 2 is 2.30 bits per heavy atom. The summed E-state index contributed by atoms with van der Waals surface area (Å²) in [5, 5.41) is 4.71. The van der Waals surface area contributed by atoms with Crippen molar-refractivity contribution in [3.8, 4) is 0 Å². The van der Waals surface area contributed by atoms with E-state index < -0.39 is 11.6 Å². The highest BCUT2D eigenvalue weighted by Gasteiger charge is 2.17. The number of halogens is 2. The summed E-state index contributed by atoms with van der Waals surface area (Å²) in [7, 11) is 1.61. The van der Waals surface area contributed by atoms with Gasteiger partial charge >= 0.3 is 0 Å². The van der Waals surface area contributed by atoms with E-state index in [1.165, 1.54) is 11.8 Å². The number of rotatable bonds is 4. The van der Waals surface area contributed by atoms with E-state index in [1.807, 2.05) is 6.92 Å². The zero-order valence-electron chi connectivity index (χ0n) is 11.2. The minimum atomic E-state index is -0.485. The number of aliphatic imine (C=N–C) groups is 1. The molecule has 4 nitrogen and oxygen atoms in total. The molecule has 20 heavy (non-hydrogen) atoms. The molecule has 0 fully saturated rings. The second kappa shape index (κ2) is 6.81. The Hall–Kier alpha value is -1.47. The number of nitrogens with one attached hydrogen (secondary N) is 1. The third-order valence-electron chi connectivity index (χ3n) is 2.62. The summed E-state index contributed by atoms with van der Waals surface area (Å²) in [4.78, 5) is 4.36. The first-order chi connectivity index (χ1) is 9.60.